The molecule has 0 unspecified atom stereocenters. The van der Waals surface area contributed by atoms with Gasteiger partial charge in [-0.25, -0.2) is 4.79 Å². The monoisotopic (exact) mass is 470 g/mol. The molecule has 7 heteroatoms. The van der Waals surface area contributed by atoms with Crippen molar-refractivity contribution >= 4 is 11.9 Å². The number of benzene rings is 1. The Morgan fingerprint density at radius 2 is 1.74 bits per heavy atom. The molecule has 1 heterocycles. The van der Waals surface area contributed by atoms with Gasteiger partial charge in [0.05, 0.1) is 23.1 Å². The molecule has 3 N–H and O–H groups in total. The largest absolute Gasteiger partial charge is 0.388 e. The summed E-state index contributed by atoms with van der Waals surface area (Å²) < 4.78 is 0. The Bertz CT molecular complexity index is 904. The summed E-state index contributed by atoms with van der Waals surface area (Å²) >= 11 is 0. The van der Waals surface area contributed by atoms with E-state index in [4.69, 9.17) is 5.73 Å². The summed E-state index contributed by atoms with van der Waals surface area (Å²) in [6.45, 7) is 8.00. The predicted molar refractivity (Wildman–Crippen MR) is 133 cm³/mol. The molecule has 3 amide bonds. The molecule has 7 nitrogen and oxygen atoms in total. The maximum Gasteiger partial charge on any atom is 0.320 e. The van der Waals surface area contributed by atoms with E-state index >= 15 is 0 Å². The minimum Gasteiger partial charge on any atom is -0.388 e. The molecule has 0 atom stereocenters. The van der Waals surface area contributed by atoms with Crippen molar-refractivity contribution in [3.63, 3.8) is 0 Å². The summed E-state index contributed by atoms with van der Waals surface area (Å²) in [5.41, 5.74) is 4.99. The average molecular weight is 471 g/mol. The van der Waals surface area contributed by atoms with Gasteiger partial charge in [0.15, 0.2) is 0 Å². The van der Waals surface area contributed by atoms with E-state index < -0.39 is 16.9 Å². The van der Waals surface area contributed by atoms with Gasteiger partial charge in [0.25, 0.3) is 0 Å². The standard InChI is InChI=1S/C27H42N4O3/c1-5-29(4)27(21-10-7-6-8-11-21)16-14-25(15-17-27)19-30(18-24(2,3)22(28)32)23(33)31(25)20-26(34)12-9-13-26/h6-8,10-11,34H,5,9,12-20H2,1-4H3,(H2,28,32)/t25-,27-. The van der Waals surface area contributed by atoms with Gasteiger partial charge in [-0.05, 0) is 77.9 Å². The van der Waals surface area contributed by atoms with Crippen LogP contribution in [-0.2, 0) is 10.3 Å². The molecule has 1 aromatic carbocycles. The fourth-order valence-electron chi connectivity index (χ4n) is 6.33. The Morgan fingerprint density at radius 1 is 1.12 bits per heavy atom. The number of carbonyl (C=O) groups is 2. The Balaban J connectivity index is 1.63. The highest BCUT2D eigenvalue weighted by molar-refractivity contribution is 5.83. The fourth-order valence-corrected chi connectivity index (χ4v) is 6.33. The SMILES string of the molecule is CCN(C)[C@]1(c2ccccc2)CC[C@@]2(CC1)CN(CC(C)(C)C(N)=O)C(=O)N2CC1(O)CCC1. The first-order valence-electron chi connectivity index (χ1n) is 12.8. The van der Waals surface area contributed by atoms with E-state index in [0.717, 1.165) is 51.5 Å². The molecule has 1 spiro atoms. The first-order chi connectivity index (χ1) is 16.0. The van der Waals surface area contributed by atoms with E-state index in [1.165, 1.54) is 5.56 Å². The molecule has 0 bridgehead atoms. The van der Waals surface area contributed by atoms with Gasteiger partial charge in [0, 0.05) is 18.6 Å². The summed E-state index contributed by atoms with van der Waals surface area (Å²) in [5, 5.41) is 11.0. The van der Waals surface area contributed by atoms with Crippen molar-refractivity contribution in [1.29, 1.82) is 0 Å². The zero-order valence-corrected chi connectivity index (χ0v) is 21.3. The topological polar surface area (TPSA) is 90.1 Å². The van der Waals surface area contributed by atoms with Crippen LogP contribution in [0.5, 0.6) is 0 Å². The third-order valence-electron chi connectivity index (χ3n) is 9.07. The summed E-state index contributed by atoms with van der Waals surface area (Å²) in [6, 6.07) is 10.7. The molecule has 188 valence electrons. The normalized spacial score (nSPS) is 29.1. The Hall–Kier alpha value is -2.12. The molecular formula is C27H42N4O3. The van der Waals surface area contributed by atoms with E-state index in [0.29, 0.717) is 19.6 Å². The number of hydrogen-bond donors (Lipinski definition) is 2. The van der Waals surface area contributed by atoms with Crippen molar-refractivity contribution < 1.29 is 14.7 Å². The predicted octanol–water partition coefficient (Wildman–Crippen LogP) is 3.31. The number of urea groups is 1. The summed E-state index contributed by atoms with van der Waals surface area (Å²) in [6.07, 6.45) is 6.09. The van der Waals surface area contributed by atoms with Gasteiger partial charge in [0.1, 0.15) is 0 Å². The van der Waals surface area contributed by atoms with E-state index in [1.807, 2.05) is 9.80 Å². The zero-order chi connectivity index (χ0) is 24.8. The molecule has 4 rings (SSSR count). The van der Waals surface area contributed by atoms with Crippen molar-refractivity contribution in [2.75, 3.05) is 33.2 Å². The first-order valence-corrected chi connectivity index (χ1v) is 12.8. The Kier molecular flexibility index (Phi) is 6.49. The lowest BCUT2D eigenvalue weighted by atomic mass is 9.67. The van der Waals surface area contributed by atoms with Crippen molar-refractivity contribution in [2.24, 2.45) is 11.1 Å². The fraction of sp³-hybridized carbons (Fsp3) is 0.704. The van der Waals surface area contributed by atoms with Crippen molar-refractivity contribution in [3.05, 3.63) is 35.9 Å². The third-order valence-corrected chi connectivity index (χ3v) is 9.07. The van der Waals surface area contributed by atoms with E-state index in [2.05, 4.69) is 49.2 Å². The first kappa shape index (κ1) is 25.0. The van der Waals surface area contributed by atoms with Crippen LogP contribution in [0, 0.1) is 5.41 Å². The third kappa shape index (κ3) is 4.22. The molecule has 0 radical (unpaired) electrons. The number of primary amides is 1. The molecule has 34 heavy (non-hydrogen) atoms. The Labute approximate surface area is 204 Å². The molecule has 1 saturated heterocycles. The molecule has 1 aromatic rings. The maximum atomic E-state index is 13.7. The zero-order valence-electron chi connectivity index (χ0n) is 21.3. The minimum atomic E-state index is -0.800. The van der Waals surface area contributed by atoms with Gasteiger partial charge >= 0.3 is 6.03 Å². The number of nitrogens with two attached hydrogens (primary N) is 1. The van der Waals surface area contributed by atoms with Gasteiger partial charge in [-0.15, -0.1) is 0 Å². The van der Waals surface area contributed by atoms with Gasteiger partial charge in [-0.3, -0.25) is 9.69 Å². The number of amides is 3. The summed E-state index contributed by atoms with van der Waals surface area (Å²) in [4.78, 5) is 31.9. The average Bonchev–Trinajstić information content (AvgIpc) is 3.03. The van der Waals surface area contributed by atoms with Crippen LogP contribution >= 0.6 is 0 Å². The molecule has 2 saturated carbocycles. The number of nitrogens with zero attached hydrogens (tertiary/aromatic N) is 3. The van der Waals surface area contributed by atoms with Crippen LogP contribution in [0.15, 0.2) is 30.3 Å². The molecule has 3 fully saturated rings. The number of hydrogen-bond acceptors (Lipinski definition) is 4. The van der Waals surface area contributed by atoms with Crippen molar-refractivity contribution in [2.45, 2.75) is 82.4 Å². The second-order valence-corrected chi connectivity index (χ2v) is 11.7. The van der Waals surface area contributed by atoms with Crippen LogP contribution in [0.3, 0.4) is 0 Å². The van der Waals surface area contributed by atoms with Crippen molar-refractivity contribution in [1.82, 2.24) is 14.7 Å². The lowest BCUT2D eigenvalue weighted by Crippen LogP contribution is -2.59. The smallest absolute Gasteiger partial charge is 0.320 e. The molecule has 1 aliphatic heterocycles. The number of rotatable bonds is 8. The van der Waals surface area contributed by atoms with Gasteiger partial charge in [0.2, 0.25) is 5.91 Å². The number of carbonyl (C=O) groups excluding carboxylic acids is 2. The molecular weight excluding hydrogens is 428 g/mol. The molecule has 3 aliphatic rings. The van der Waals surface area contributed by atoms with Crippen LogP contribution in [0.2, 0.25) is 0 Å². The number of aliphatic hydroxyl groups is 1. The van der Waals surface area contributed by atoms with Crippen LogP contribution in [0.1, 0.15) is 71.3 Å². The summed E-state index contributed by atoms with van der Waals surface area (Å²) in [7, 11) is 2.20. The summed E-state index contributed by atoms with van der Waals surface area (Å²) in [5.74, 6) is -0.401. The van der Waals surface area contributed by atoms with Gasteiger partial charge in [-0.2, -0.15) is 0 Å². The minimum absolute atomic E-state index is 0.0642. The van der Waals surface area contributed by atoms with E-state index in [1.54, 1.807) is 13.8 Å². The van der Waals surface area contributed by atoms with E-state index in [-0.39, 0.29) is 17.1 Å². The van der Waals surface area contributed by atoms with Crippen LogP contribution < -0.4 is 5.73 Å². The van der Waals surface area contributed by atoms with E-state index in [9.17, 15) is 14.7 Å². The second-order valence-electron chi connectivity index (χ2n) is 11.7. The quantitative estimate of drug-likeness (QED) is 0.610. The van der Waals surface area contributed by atoms with Crippen molar-refractivity contribution in [3.8, 4) is 0 Å². The van der Waals surface area contributed by atoms with Gasteiger partial charge in [-0.1, -0.05) is 37.3 Å². The lowest BCUT2D eigenvalue weighted by molar-refractivity contribution is -0.126. The second kappa shape index (κ2) is 8.83. The van der Waals surface area contributed by atoms with Crippen LogP contribution in [0.4, 0.5) is 4.79 Å². The highest BCUT2D eigenvalue weighted by atomic mass is 16.3. The molecule has 2 aliphatic carbocycles. The number of β-amino-alcohol motifs (C(OH)–C–C–N with tert-alkyl or cyclic N) is 1. The lowest BCUT2D eigenvalue weighted by Gasteiger charge is -2.53. The highest BCUT2D eigenvalue weighted by Gasteiger charge is 2.57. The van der Waals surface area contributed by atoms with Crippen LogP contribution in [0.25, 0.3) is 0 Å². The molecule has 0 aromatic heterocycles. The maximum absolute atomic E-state index is 13.7. The van der Waals surface area contributed by atoms with Gasteiger partial charge < -0.3 is 20.6 Å². The highest BCUT2D eigenvalue weighted by Crippen LogP contribution is 2.50. The Morgan fingerprint density at radius 3 is 2.24 bits per heavy atom. The van der Waals surface area contributed by atoms with Crippen LogP contribution in [-0.4, -0.2) is 76.1 Å².